The van der Waals surface area contributed by atoms with E-state index in [0.717, 1.165) is 4.47 Å². The Morgan fingerprint density at radius 2 is 2.09 bits per heavy atom. The number of ether oxygens (including phenoxy) is 1. The summed E-state index contributed by atoms with van der Waals surface area (Å²) < 4.78 is 5.77. The molecule has 0 bridgehead atoms. The number of rotatable bonds is 6. The van der Waals surface area contributed by atoms with Crippen molar-refractivity contribution in [3.63, 3.8) is 0 Å². The lowest BCUT2D eigenvalue weighted by atomic mass is 10.3. The third-order valence-corrected chi connectivity index (χ3v) is 3.49. The molecule has 1 aromatic carbocycles. The van der Waals surface area contributed by atoms with Crippen molar-refractivity contribution < 1.29 is 9.53 Å². The number of amides is 1. The first-order valence-corrected chi connectivity index (χ1v) is 7.54. The summed E-state index contributed by atoms with van der Waals surface area (Å²) in [5.41, 5.74) is 1.72. The van der Waals surface area contributed by atoms with E-state index in [9.17, 15) is 4.79 Å². The first-order chi connectivity index (χ1) is 10.6. The van der Waals surface area contributed by atoms with Crippen LogP contribution in [0.3, 0.4) is 0 Å². The number of nitrogens with one attached hydrogen (secondary N) is 2. The second-order valence-corrected chi connectivity index (χ2v) is 5.43. The summed E-state index contributed by atoms with van der Waals surface area (Å²) in [4.78, 5) is 20.8. The molecule has 0 atom stereocenters. The number of halogens is 1. The lowest BCUT2D eigenvalue weighted by molar-refractivity contribution is 0.102. The molecule has 0 saturated heterocycles. The largest absolute Gasteiger partial charge is 0.383 e. The van der Waals surface area contributed by atoms with E-state index in [1.165, 1.54) is 0 Å². The summed E-state index contributed by atoms with van der Waals surface area (Å²) in [6.07, 6.45) is 0. The second-order valence-electron chi connectivity index (χ2n) is 4.57. The molecular weight excluding hydrogens is 348 g/mol. The lowest BCUT2D eigenvalue weighted by Gasteiger charge is -2.09. The van der Waals surface area contributed by atoms with E-state index >= 15 is 0 Å². The van der Waals surface area contributed by atoms with Crippen LogP contribution in [0, 0.1) is 6.92 Å². The van der Waals surface area contributed by atoms with E-state index in [2.05, 4.69) is 36.5 Å². The molecule has 0 fully saturated rings. The van der Waals surface area contributed by atoms with Crippen molar-refractivity contribution in [2.45, 2.75) is 6.92 Å². The molecule has 2 rings (SSSR count). The Morgan fingerprint density at radius 1 is 1.32 bits per heavy atom. The summed E-state index contributed by atoms with van der Waals surface area (Å²) in [5, 5.41) is 5.84. The summed E-state index contributed by atoms with van der Waals surface area (Å²) in [6.45, 7) is 2.93. The van der Waals surface area contributed by atoms with Gasteiger partial charge in [-0.15, -0.1) is 0 Å². The number of aromatic nitrogens is 2. The number of hydrogen-bond acceptors (Lipinski definition) is 5. The number of para-hydroxylation sites is 1. The molecule has 0 radical (unpaired) electrons. The van der Waals surface area contributed by atoms with Crippen molar-refractivity contribution in [1.29, 1.82) is 0 Å². The molecule has 22 heavy (non-hydrogen) atoms. The zero-order valence-electron chi connectivity index (χ0n) is 12.4. The summed E-state index contributed by atoms with van der Waals surface area (Å²) in [7, 11) is 1.62. The topological polar surface area (TPSA) is 76.1 Å². The van der Waals surface area contributed by atoms with Crippen LogP contribution in [0.1, 0.15) is 16.2 Å². The maximum Gasteiger partial charge on any atom is 0.274 e. The highest BCUT2D eigenvalue weighted by Crippen LogP contribution is 2.21. The SMILES string of the molecule is COCCNc1nc(C)cc(C(=O)Nc2ccccc2Br)n1. The van der Waals surface area contributed by atoms with E-state index < -0.39 is 0 Å². The number of nitrogens with zero attached hydrogens (tertiary/aromatic N) is 2. The van der Waals surface area contributed by atoms with Crippen LogP contribution < -0.4 is 10.6 Å². The molecule has 7 heteroatoms. The van der Waals surface area contributed by atoms with Crippen molar-refractivity contribution in [3.8, 4) is 0 Å². The number of carbonyl (C=O) groups is 1. The van der Waals surface area contributed by atoms with Crippen LogP contribution in [0.4, 0.5) is 11.6 Å². The molecule has 1 heterocycles. The standard InChI is InChI=1S/C15H17BrN4O2/c1-10-9-13(20-15(18-10)17-7-8-22-2)14(21)19-12-6-4-3-5-11(12)16/h3-6,9H,7-8H2,1-2H3,(H,19,21)(H,17,18,20). The predicted octanol–water partition coefficient (Wildman–Crippen LogP) is 2.86. The minimum absolute atomic E-state index is 0.285. The summed E-state index contributed by atoms with van der Waals surface area (Å²) in [5.74, 6) is 0.126. The molecule has 0 spiro atoms. The van der Waals surface area contributed by atoms with Gasteiger partial charge in [-0.2, -0.15) is 0 Å². The minimum Gasteiger partial charge on any atom is -0.383 e. The van der Waals surface area contributed by atoms with Crippen molar-refractivity contribution in [1.82, 2.24) is 9.97 Å². The van der Waals surface area contributed by atoms with Crippen molar-refractivity contribution >= 4 is 33.5 Å². The fraction of sp³-hybridized carbons (Fsp3) is 0.267. The Labute approximate surface area is 137 Å². The molecule has 1 aromatic heterocycles. The van der Waals surface area contributed by atoms with Crippen LogP contribution in [-0.4, -0.2) is 36.1 Å². The molecular formula is C15H17BrN4O2. The smallest absolute Gasteiger partial charge is 0.274 e. The fourth-order valence-corrected chi connectivity index (χ4v) is 2.16. The highest BCUT2D eigenvalue weighted by molar-refractivity contribution is 9.10. The van der Waals surface area contributed by atoms with Crippen molar-refractivity contribution in [3.05, 3.63) is 46.2 Å². The highest BCUT2D eigenvalue weighted by atomic mass is 79.9. The third-order valence-electron chi connectivity index (χ3n) is 2.80. The second kappa shape index (κ2) is 7.86. The third kappa shape index (κ3) is 4.51. The molecule has 0 saturated carbocycles. The zero-order chi connectivity index (χ0) is 15.9. The quantitative estimate of drug-likeness (QED) is 0.770. The first kappa shape index (κ1) is 16.4. The van der Waals surface area contributed by atoms with Crippen LogP contribution in [0.5, 0.6) is 0 Å². The van der Waals surface area contributed by atoms with Gasteiger partial charge in [-0.1, -0.05) is 12.1 Å². The van der Waals surface area contributed by atoms with Crippen LogP contribution >= 0.6 is 15.9 Å². The molecule has 0 aliphatic rings. The number of anilines is 2. The molecule has 0 aliphatic heterocycles. The Bertz CT molecular complexity index is 664. The number of hydrogen-bond donors (Lipinski definition) is 2. The van der Waals surface area contributed by atoms with Crippen molar-refractivity contribution in [2.24, 2.45) is 0 Å². The molecule has 1 amide bonds. The van der Waals surface area contributed by atoms with Gasteiger partial charge in [0.15, 0.2) is 0 Å². The molecule has 2 aromatic rings. The van der Waals surface area contributed by atoms with Gasteiger partial charge in [0.05, 0.1) is 12.3 Å². The van der Waals surface area contributed by atoms with E-state index in [-0.39, 0.29) is 5.91 Å². The van der Waals surface area contributed by atoms with E-state index in [0.29, 0.717) is 36.2 Å². The van der Waals surface area contributed by atoms with Gasteiger partial charge in [0.2, 0.25) is 5.95 Å². The van der Waals surface area contributed by atoms with E-state index in [1.807, 2.05) is 31.2 Å². The summed E-state index contributed by atoms with van der Waals surface area (Å²) >= 11 is 3.39. The average Bonchev–Trinajstić information content (AvgIpc) is 2.49. The molecule has 116 valence electrons. The fourth-order valence-electron chi connectivity index (χ4n) is 1.78. The number of carbonyl (C=O) groups excluding carboxylic acids is 1. The average molecular weight is 365 g/mol. The number of methoxy groups -OCH3 is 1. The van der Waals surface area contributed by atoms with Crippen LogP contribution in [0.25, 0.3) is 0 Å². The van der Waals surface area contributed by atoms with Gasteiger partial charge in [-0.05, 0) is 41.1 Å². The Kier molecular flexibility index (Phi) is 5.85. The van der Waals surface area contributed by atoms with Crippen LogP contribution in [-0.2, 0) is 4.74 Å². The Balaban J connectivity index is 2.13. The maximum absolute atomic E-state index is 12.3. The molecule has 2 N–H and O–H groups in total. The van der Waals surface area contributed by atoms with E-state index in [1.54, 1.807) is 13.2 Å². The van der Waals surface area contributed by atoms with Gasteiger partial charge >= 0.3 is 0 Å². The van der Waals surface area contributed by atoms with Crippen molar-refractivity contribution in [2.75, 3.05) is 30.9 Å². The first-order valence-electron chi connectivity index (χ1n) is 6.74. The maximum atomic E-state index is 12.3. The van der Waals surface area contributed by atoms with Gasteiger partial charge in [0, 0.05) is 23.8 Å². The Hall–Kier alpha value is -1.99. The van der Waals surface area contributed by atoms with Gasteiger partial charge in [0.1, 0.15) is 5.69 Å². The number of benzene rings is 1. The highest BCUT2D eigenvalue weighted by Gasteiger charge is 2.12. The van der Waals surface area contributed by atoms with Crippen LogP contribution in [0.2, 0.25) is 0 Å². The predicted molar refractivity (Wildman–Crippen MR) is 89.2 cm³/mol. The molecule has 6 nitrogen and oxygen atoms in total. The monoisotopic (exact) mass is 364 g/mol. The van der Waals surface area contributed by atoms with Crippen LogP contribution in [0.15, 0.2) is 34.8 Å². The van der Waals surface area contributed by atoms with Gasteiger partial charge in [-0.3, -0.25) is 4.79 Å². The van der Waals surface area contributed by atoms with Gasteiger partial charge in [0.25, 0.3) is 5.91 Å². The lowest BCUT2D eigenvalue weighted by Crippen LogP contribution is -2.17. The molecule has 0 aliphatic carbocycles. The Morgan fingerprint density at radius 3 is 2.82 bits per heavy atom. The van der Waals surface area contributed by atoms with E-state index in [4.69, 9.17) is 4.74 Å². The summed E-state index contributed by atoms with van der Waals surface area (Å²) in [6, 6.07) is 9.05. The minimum atomic E-state index is -0.285. The number of aryl methyl sites for hydroxylation is 1. The normalized spacial score (nSPS) is 10.3. The van der Waals surface area contributed by atoms with Gasteiger partial charge < -0.3 is 15.4 Å². The van der Waals surface area contributed by atoms with Gasteiger partial charge in [-0.25, -0.2) is 9.97 Å². The molecule has 0 unspecified atom stereocenters. The zero-order valence-corrected chi connectivity index (χ0v) is 14.0.